The van der Waals surface area contributed by atoms with E-state index in [0.717, 1.165) is 41.8 Å². The molecule has 2 aromatic heterocycles. The third kappa shape index (κ3) is 3.42. The van der Waals surface area contributed by atoms with Gasteiger partial charge in [0.25, 0.3) is 0 Å². The number of nitrogens with one attached hydrogen (secondary N) is 2. The molecule has 0 bridgehead atoms. The molecule has 3 aromatic rings. The van der Waals surface area contributed by atoms with Gasteiger partial charge in [0.15, 0.2) is 0 Å². The molecule has 0 spiro atoms. The number of aromatic amines is 1. The minimum Gasteiger partial charge on any atom is -0.380 e. The van der Waals surface area contributed by atoms with Crippen molar-refractivity contribution in [1.29, 1.82) is 0 Å². The summed E-state index contributed by atoms with van der Waals surface area (Å²) in [6.45, 7) is 0.598. The lowest BCUT2D eigenvalue weighted by atomic mass is 9.91. The molecule has 2 heterocycles. The van der Waals surface area contributed by atoms with Gasteiger partial charge in [-0.05, 0) is 62.1 Å². The summed E-state index contributed by atoms with van der Waals surface area (Å²) in [5.74, 6) is 0.856. The van der Waals surface area contributed by atoms with Crippen LogP contribution < -0.4 is 11.1 Å². The van der Waals surface area contributed by atoms with Gasteiger partial charge in [0.1, 0.15) is 5.82 Å². The van der Waals surface area contributed by atoms with Crippen molar-refractivity contribution < 1.29 is 0 Å². The number of pyridine rings is 1. The van der Waals surface area contributed by atoms with E-state index in [1.165, 1.54) is 17.7 Å². The van der Waals surface area contributed by atoms with E-state index in [1.54, 1.807) is 0 Å². The van der Waals surface area contributed by atoms with Crippen LogP contribution in [-0.2, 0) is 6.42 Å². The molecule has 0 amide bonds. The fourth-order valence-corrected chi connectivity index (χ4v) is 3.52. The molecule has 0 radical (unpaired) electrons. The zero-order chi connectivity index (χ0) is 17.1. The lowest BCUT2D eigenvalue weighted by Crippen LogP contribution is -2.26. The summed E-state index contributed by atoms with van der Waals surface area (Å²) >= 11 is 0. The molecule has 0 aliphatic heterocycles. The summed E-state index contributed by atoms with van der Waals surface area (Å²) < 4.78 is 0. The molecule has 25 heavy (non-hydrogen) atoms. The summed E-state index contributed by atoms with van der Waals surface area (Å²) in [6.07, 6.45) is 8.12. The van der Waals surface area contributed by atoms with Crippen LogP contribution in [0.5, 0.6) is 0 Å². The zero-order valence-corrected chi connectivity index (χ0v) is 14.2. The number of H-pyrrole nitrogens is 1. The van der Waals surface area contributed by atoms with Crippen LogP contribution in [0.2, 0.25) is 0 Å². The van der Waals surface area contributed by atoms with Crippen LogP contribution in [0.1, 0.15) is 42.4 Å². The van der Waals surface area contributed by atoms with Crippen LogP contribution >= 0.6 is 0 Å². The number of para-hydroxylation sites is 2. The van der Waals surface area contributed by atoms with Gasteiger partial charge >= 0.3 is 0 Å². The Bertz CT molecular complexity index is 863. The number of hydrogen-bond donors (Lipinski definition) is 3. The molecule has 0 fully saturated rings. The Morgan fingerprint density at radius 2 is 2.20 bits per heavy atom. The molecule has 5 heteroatoms. The van der Waals surface area contributed by atoms with Crippen molar-refractivity contribution in [3.63, 3.8) is 0 Å². The number of rotatable bonds is 5. The van der Waals surface area contributed by atoms with E-state index in [9.17, 15) is 0 Å². The summed E-state index contributed by atoms with van der Waals surface area (Å²) in [5, 5.41) is 3.66. The van der Waals surface area contributed by atoms with Gasteiger partial charge < -0.3 is 16.0 Å². The van der Waals surface area contributed by atoms with E-state index < -0.39 is 0 Å². The summed E-state index contributed by atoms with van der Waals surface area (Å²) in [6, 6.07) is 12.5. The first-order valence-electron chi connectivity index (χ1n) is 8.89. The molecule has 5 nitrogen and oxygen atoms in total. The number of hydrogen-bond acceptors (Lipinski definition) is 4. The van der Waals surface area contributed by atoms with Gasteiger partial charge in [-0.25, -0.2) is 4.98 Å². The molecule has 0 saturated heterocycles. The highest BCUT2D eigenvalue weighted by Crippen LogP contribution is 2.29. The highest BCUT2D eigenvalue weighted by Gasteiger charge is 2.21. The third-order valence-electron chi connectivity index (χ3n) is 4.69. The van der Waals surface area contributed by atoms with Crippen LogP contribution in [0.15, 0.2) is 48.3 Å². The topological polar surface area (TPSA) is 79.6 Å². The van der Waals surface area contributed by atoms with E-state index >= 15 is 0 Å². The van der Waals surface area contributed by atoms with Gasteiger partial charge in [-0.1, -0.05) is 18.2 Å². The second-order valence-electron chi connectivity index (χ2n) is 6.48. The molecule has 128 valence electrons. The van der Waals surface area contributed by atoms with Gasteiger partial charge in [0.2, 0.25) is 0 Å². The molecule has 1 atom stereocenters. The van der Waals surface area contributed by atoms with E-state index in [2.05, 4.69) is 32.4 Å². The van der Waals surface area contributed by atoms with Gasteiger partial charge in [0.05, 0.1) is 22.8 Å². The highest BCUT2D eigenvalue weighted by molar-refractivity contribution is 5.76. The Balaban J connectivity index is 1.61. The van der Waals surface area contributed by atoms with Crippen LogP contribution in [0.25, 0.3) is 17.1 Å². The first-order valence-corrected chi connectivity index (χ1v) is 8.89. The van der Waals surface area contributed by atoms with Crippen LogP contribution in [0.4, 0.5) is 0 Å². The fourth-order valence-electron chi connectivity index (χ4n) is 3.52. The number of fused-ring (bicyclic) bond motifs is 2. The number of nitrogens with zero attached hydrogens (tertiary/aromatic N) is 2. The normalized spacial score (nSPS) is 17.5. The van der Waals surface area contributed by atoms with Crippen molar-refractivity contribution in [2.75, 3.05) is 6.54 Å². The van der Waals surface area contributed by atoms with E-state index in [0.29, 0.717) is 6.54 Å². The first kappa shape index (κ1) is 15.8. The lowest BCUT2D eigenvalue weighted by Gasteiger charge is -2.27. The zero-order valence-electron chi connectivity index (χ0n) is 14.2. The van der Waals surface area contributed by atoms with E-state index in [-0.39, 0.29) is 6.04 Å². The Labute approximate surface area is 147 Å². The van der Waals surface area contributed by atoms with E-state index in [1.807, 2.05) is 36.5 Å². The van der Waals surface area contributed by atoms with Crippen LogP contribution in [0.3, 0.4) is 0 Å². The molecule has 1 aliphatic carbocycles. The third-order valence-corrected chi connectivity index (χ3v) is 4.69. The van der Waals surface area contributed by atoms with Crippen LogP contribution in [0, 0.1) is 0 Å². The van der Waals surface area contributed by atoms with Crippen molar-refractivity contribution in [2.24, 2.45) is 5.73 Å². The fraction of sp³-hybridized carbons (Fsp3) is 0.300. The second kappa shape index (κ2) is 7.07. The molecule has 1 aromatic carbocycles. The van der Waals surface area contributed by atoms with E-state index in [4.69, 9.17) is 5.73 Å². The molecular formula is C20H23N5. The van der Waals surface area contributed by atoms with Gasteiger partial charge in [0, 0.05) is 11.9 Å². The molecular weight excluding hydrogens is 310 g/mol. The van der Waals surface area contributed by atoms with Gasteiger partial charge in [-0.2, -0.15) is 0 Å². The summed E-state index contributed by atoms with van der Waals surface area (Å²) in [7, 11) is 0. The lowest BCUT2D eigenvalue weighted by molar-refractivity contribution is 0.480. The minimum absolute atomic E-state index is 0.243. The Morgan fingerprint density at radius 1 is 1.28 bits per heavy atom. The smallest absolute Gasteiger partial charge is 0.132 e. The minimum atomic E-state index is 0.243. The molecule has 1 unspecified atom stereocenters. The average molecular weight is 333 g/mol. The first-order chi connectivity index (χ1) is 12.3. The Morgan fingerprint density at radius 3 is 3.08 bits per heavy atom. The van der Waals surface area contributed by atoms with Crippen molar-refractivity contribution in [3.8, 4) is 0 Å². The molecule has 0 saturated carbocycles. The van der Waals surface area contributed by atoms with Crippen LogP contribution in [-0.4, -0.2) is 21.5 Å². The van der Waals surface area contributed by atoms with Crippen molar-refractivity contribution in [1.82, 2.24) is 20.3 Å². The van der Waals surface area contributed by atoms with Gasteiger partial charge in [-0.3, -0.25) is 4.98 Å². The van der Waals surface area contributed by atoms with Gasteiger partial charge in [-0.15, -0.1) is 0 Å². The summed E-state index contributed by atoms with van der Waals surface area (Å²) in [5.41, 5.74) is 11.5. The number of nitrogens with two attached hydrogens (primary N) is 1. The van der Waals surface area contributed by atoms with Crippen molar-refractivity contribution in [2.45, 2.75) is 31.7 Å². The Kier molecular flexibility index (Phi) is 4.48. The molecule has 4 N–H and O–H groups in total. The van der Waals surface area contributed by atoms with Crippen molar-refractivity contribution in [3.05, 3.63) is 65.4 Å². The number of imidazole rings is 1. The Hall–Kier alpha value is -2.66. The monoisotopic (exact) mass is 333 g/mol. The van der Waals surface area contributed by atoms with Crippen molar-refractivity contribution >= 4 is 17.1 Å². The average Bonchev–Trinajstić information content (AvgIpc) is 3.04. The maximum absolute atomic E-state index is 5.83. The molecule has 4 rings (SSSR count). The summed E-state index contributed by atoms with van der Waals surface area (Å²) in [4.78, 5) is 12.6. The highest BCUT2D eigenvalue weighted by atomic mass is 15.0. The largest absolute Gasteiger partial charge is 0.380 e. The standard InChI is InChI=1S/C20H23N5/c21-11-10-15(13-19-24-16-7-1-2-8-17(16)25-19)23-18-9-3-5-14-6-4-12-22-20(14)18/h1-2,4,6-8,12-13,18,23H,3,5,9-11,21H2,(H,24,25). The predicted molar refractivity (Wildman–Crippen MR) is 101 cm³/mol. The molecule has 1 aliphatic rings. The maximum Gasteiger partial charge on any atom is 0.132 e. The maximum atomic E-state index is 5.83. The number of benzene rings is 1. The SMILES string of the molecule is NCCC(=Cc1nc2ccccc2[nH]1)NC1CCCc2cccnc21. The quantitative estimate of drug-likeness (QED) is 0.669. The number of aromatic nitrogens is 3. The number of aryl methyl sites for hydroxylation is 1. The predicted octanol–water partition coefficient (Wildman–Crippen LogP) is 3.31. The second-order valence-corrected chi connectivity index (χ2v) is 6.48.